The van der Waals surface area contributed by atoms with E-state index >= 15 is 0 Å². The lowest BCUT2D eigenvalue weighted by atomic mass is 9.93. The molecule has 0 aliphatic carbocycles. The number of hydrogen-bond donors (Lipinski definition) is 2. The number of amides is 2. The van der Waals surface area contributed by atoms with Crippen LogP contribution in [0.4, 0.5) is 5.82 Å². The maximum absolute atomic E-state index is 12.8. The minimum Gasteiger partial charge on any atom is -0.337 e. The standard InChI is InChI=1S/C18H29N5O2/c1-18(2,3)17(25)22-15-14(20-9-10-21-15)16(24)23-11-6-13(7-12-23)5-8-19-4/h9-10,13,19H,5-8,11-12H2,1-4H3,(H,21,22,25). The van der Waals surface area contributed by atoms with Gasteiger partial charge in [0.25, 0.3) is 5.91 Å². The highest BCUT2D eigenvalue weighted by Gasteiger charge is 2.28. The molecule has 0 aromatic carbocycles. The average molecular weight is 347 g/mol. The van der Waals surface area contributed by atoms with Gasteiger partial charge in [-0.1, -0.05) is 20.8 Å². The van der Waals surface area contributed by atoms with Gasteiger partial charge in [0.15, 0.2) is 11.5 Å². The van der Waals surface area contributed by atoms with Gasteiger partial charge in [-0.25, -0.2) is 9.97 Å². The molecule has 7 heteroatoms. The molecule has 0 unspecified atom stereocenters. The summed E-state index contributed by atoms with van der Waals surface area (Å²) < 4.78 is 0. The van der Waals surface area contributed by atoms with Crippen molar-refractivity contribution in [1.82, 2.24) is 20.2 Å². The Kier molecular flexibility index (Phi) is 6.47. The minimum atomic E-state index is -0.566. The average Bonchev–Trinajstić information content (AvgIpc) is 2.59. The second kappa shape index (κ2) is 8.38. The molecule has 2 rings (SSSR count). The molecule has 7 nitrogen and oxygen atoms in total. The van der Waals surface area contributed by atoms with Gasteiger partial charge in [-0.05, 0) is 38.8 Å². The third-order valence-corrected chi connectivity index (χ3v) is 4.52. The first kappa shape index (κ1) is 19.3. The largest absolute Gasteiger partial charge is 0.337 e. The number of rotatable bonds is 5. The molecule has 2 heterocycles. The van der Waals surface area contributed by atoms with Crippen LogP contribution in [-0.2, 0) is 4.79 Å². The molecule has 2 N–H and O–H groups in total. The first-order valence-electron chi connectivity index (χ1n) is 8.89. The van der Waals surface area contributed by atoms with Crippen molar-refractivity contribution in [2.24, 2.45) is 11.3 Å². The highest BCUT2D eigenvalue weighted by Crippen LogP contribution is 2.23. The van der Waals surface area contributed by atoms with Crippen molar-refractivity contribution in [3.05, 3.63) is 18.1 Å². The summed E-state index contributed by atoms with van der Waals surface area (Å²) in [5.41, 5.74) is -0.350. The predicted octanol–water partition coefficient (Wildman–Crippen LogP) is 1.92. The van der Waals surface area contributed by atoms with Crippen LogP contribution in [0, 0.1) is 11.3 Å². The molecule has 1 aromatic rings. The Balaban J connectivity index is 2.04. The first-order chi connectivity index (χ1) is 11.8. The molecule has 138 valence electrons. The second-order valence-electron chi connectivity index (χ2n) is 7.59. The van der Waals surface area contributed by atoms with Crippen LogP contribution in [0.25, 0.3) is 0 Å². The lowest BCUT2D eigenvalue weighted by molar-refractivity contribution is -0.123. The Morgan fingerprint density at radius 3 is 2.44 bits per heavy atom. The van der Waals surface area contributed by atoms with Crippen LogP contribution < -0.4 is 10.6 Å². The van der Waals surface area contributed by atoms with E-state index in [1.165, 1.54) is 12.4 Å². The van der Waals surface area contributed by atoms with Gasteiger partial charge in [0, 0.05) is 30.9 Å². The third kappa shape index (κ3) is 5.22. The maximum Gasteiger partial charge on any atom is 0.276 e. The zero-order chi connectivity index (χ0) is 18.4. The van der Waals surface area contributed by atoms with Gasteiger partial charge in [0.2, 0.25) is 5.91 Å². The van der Waals surface area contributed by atoms with E-state index in [2.05, 4.69) is 20.6 Å². The monoisotopic (exact) mass is 347 g/mol. The summed E-state index contributed by atoms with van der Waals surface area (Å²) in [7, 11) is 1.96. The molecule has 1 aromatic heterocycles. The van der Waals surface area contributed by atoms with Crippen LogP contribution in [0.15, 0.2) is 12.4 Å². The highest BCUT2D eigenvalue weighted by atomic mass is 16.2. The van der Waals surface area contributed by atoms with E-state index in [0.29, 0.717) is 5.92 Å². The van der Waals surface area contributed by atoms with Crippen LogP contribution in [0.5, 0.6) is 0 Å². The highest BCUT2D eigenvalue weighted by molar-refractivity contribution is 6.02. The van der Waals surface area contributed by atoms with Gasteiger partial charge in [-0.15, -0.1) is 0 Å². The molecule has 1 aliphatic rings. The molecule has 0 bridgehead atoms. The third-order valence-electron chi connectivity index (χ3n) is 4.52. The SMILES string of the molecule is CNCCC1CCN(C(=O)c2nccnc2NC(=O)C(C)(C)C)CC1. The number of hydrogen-bond acceptors (Lipinski definition) is 5. The van der Waals surface area contributed by atoms with E-state index in [-0.39, 0.29) is 23.3 Å². The zero-order valence-corrected chi connectivity index (χ0v) is 15.6. The minimum absolute atomic E-state index is 0.163. The van der Waals surface area contributed by atoms with Crippen LogP contribution >= 0.6 is 0 Å². The molecule has 0 radical (unpaired) electrons. The quantitative estimate of drug-likeness (QED) is 0.850. The van der Waals surface area contributed by atoms with Crippen molar-refractivity contribution in [3.63, 3.8) is 0 Å². The topological polar surface area (TPSA) is 87.2 Å². The van der Waals surface area contributed by atoms with E-state index in [0.717, 1.165) is 38.9 Å². The van der Waals surface area contributed by atoms with Crippen molar-refractivity contribution in [2.45, 2.75) is 40.0 Å². The fraction of sp³-hybridized carbons (Fsp3) is 0.667. The lowest BCUT2D eigenvalue weighted by Gasteiger charge is -2.32. The Hall–Kier alpha value is -2.02. The van der Waals surface area contributed by atoms with Gasteiger partial charge < -0.3 is 15.5 Å². The number of carbonyl (C=O) groups is 2. The van der Waals surface area contributed by atoms with Crippen molar-refractivity contribution in [3.8, 4) is 0 Å². The van der Waals surface area contributed by atoms with E-state index < -0.39 is 5.41 Å². The number of nitrogens with zero attached hydrogens (tertiary/aromatic N) is 3. The Morgan fingerprint density at radius 1 is 1.20 bits per heavy atom. The molecular formula is C18H29N5O2. The van der Waals surface area contributed by atoms with Gasteiger partial charge in [0.1, 0.15) is 0 Å². The molecule has 0 spiro atoms. The zero-order valence-electron chi connectivity index (χ0n) is 15.6. The van der Waals surface area contributed by atoms with E-state index in [9.17, 15) is 9.59 Å². The molecule has 0 atom stereocenters. The molecule has 2 amide bonds. The number of piperidine rings is 1. The normalized spacial score (nSPS) is 15.9. The van der Waals surface area contributed by atoms with E-state index in [1.54, 1.807) is 0 Å². The summed E-state index contributed by atoms with van der Waals surface area (Å²) >= 11 is 0. The summed E-state index contributed by atoms with van der Waals surface area (Å²) in [6.45, 7) is 7.89. The molecule has 1 fully saturated rings. The number of anilines is 1. The molecular weight excluding hydrogens is 318 g/mol. The number of nitrogens with one attached hydrogen (secondary N) is 2. The number of likely N-dealkylation sites (tertiary alicyclic amines) is 1. The van der Waals surface area contributed by atoms with Gasteiger partial charge in [0.05, 0.1) is 0 Å². The van der Waals surface area contributed by atoms with Gasteiger partial charge >= 0.3 is 0 Å². The first-order valence-corrected chi connectivity index (χ1v) is 8.89. The van der Waals surface area contributed by atoms with E-state index in [1.807, 2.05) is 32.7 Å². The summed E-state index contributed by atoms with van der Waals surface area (Å²) in [4.78, 5) is 35.2. The summed E-state index contributed by atoms with van der Waals surface area (Å²) in [5.74, 6) is 0.542. The van der Waals surface area contributed by atoms with Crippen molar-refractivity contribution in [1.29, 1.82) is 0 Å². The van der Waals surface area contributed by atoms with Gasteiger partial charge in [-0.3, -0.25) is 9.59 Å². The second-order valence-corrected chi connectivity index (χ2v) is 7.59. The van der Waals surface area contributed by atoms with Gasteiger partial charge in [-0.2, -0.15) is 0 Å². The van der Waals surface area contributed by atoms with Crippen LogP contribution in [-0.4, -0.2) is 53.4 Å². The maximum atomic E-state index is 12.8. The van der Waals surface area contributed by atoms with E-state index in [4.69, 9.17) is 0 Å². The molecule has 1 saturated heterocycles. The predicted molar refractivity (Wildman–Crippen MR) is 97.3 cm³/mol. The summed E-state index contributed by atoms with van der Waals surface area (Å²) in [6.07, 6.45) is 6.10. The smallest absolute Gasteiger partial charge is 0.276 e. The van der Waals surface area contributed by atoms with Crippen molar-refractivity contribution >= 4 is 17.6 Å². The Bertz CT molecular complexity index is 604. The molecule has 0 saturated carbocycles. The summed E-state index contributed by atoms with van der Waals surface area (Å²) in [5, 5.41) is 5.91. The molecule has 1 aliphatic heterocycles. The Labute approximate surface area is 149 Å². The van der Waals surface area contributed by atoms with Crippen LogP contribution in [0.2, 0.25) is 0 Å². The van der Waals surface area contributed by atoms with Crippen LogP contribution in [0.3, 0.4) is 0 Å². The Morgan fingerprint density at radius 2 is 1.84 bits per heavy atom. The fourth-order valence-electron chi connectivity index (χ4n) is 2.80. The van der Waals surface area contributed by atoms with Crippen molar-refractivity contribution < 1.29 is 9.59 Å². The number of carbonyl (C=O) groups excluding carboxylic acids is 2. The molecule has 25 heavy (non-hydrogen) atoms. The summed E-state index contributed by atoms with van der Waals surface area (Å²) in [6, 6.07) is 0. The van der Waals surface area contributed by atoms with Crippen molar-refractivity contribution in [2.75, 3.05) is 32.0 Å². The lowest BCUT2D eigenvalue weighted by Crippen LogP contribution is -2.40. The fourth-order valence-corrected chi connectivity index (χ4v) is 2.80. The number of aromatic nitrogens is 2. The van der Waals surface area contributed by atoms with Crippen LogP contribution in [0.1, 0.15) is 50.5 Å².